The fourth-order valence-corrected chi connectivity index (χ4v) is 4.48. The number of nitrogens with one attached hydrogen (secondary N) is 2. The normalized spacial score (nSPS) is 18.3. The summed E-state index contributed by atoms with van der Waals surface area (Å²) in [5, 5.41) is 5.73. The molecule has 0 spiro atoms. The van der Waals surface area contributed by atoms with E-state index in [1.807, 2.05) is 6.07 Å². The molecule has 1 aromatic carbocycles. The predicted molar refractivity (Wildman–Crippen MR) is 115 cm³/mol. The van der Waals surface area contributed by atoms with Crippen molar-refractivity contribution in [2.45, 2.75) is 26.3 Å². The maximum atomic E-state index is 12.9. The van der Waals surface area contributed by atoms with E-state index in [9.17, 15) is 19.2 Å². The molecule has 0 saturated carbocycles. The van der Waals surface area contributed by atoms with Gasteiger partial charge in [0.25, 0.3) is 5.91 Å². The number of nitrogens with zero attached hydrogens (tertiary/aromatic N) is 1. The number of esters is 1. The van der Waals surface area contributed by atoms with Gasteiger partial charge in [0.15, 0.2) is 0 Å². The van der Waals surface area contributed by atoms with Crippen LogP contribution >= 0.6 is 27.3 Å². The summed E-state index contributed by atoms with van der Waals surface area (Å²) in [6.07, 6.45) is 0. The Morgan fingerprint density at radius 2 is 2.03 bits per heavy atom. The number of carbonyl (C=O) groups is 4. The molecule has 158 valence electrons. The quantitative estimate of drug-likeness (QED) is 0.473. The first kappa shape index (κ1) is 22.0. The Morgan fingerprint density at radius 3 is 2.70 bits per heavy atom. The van der Waals surface area contributed by atoms with E-state index >= 15 is 0 Å². The van der Waals surface area contributed by atoms with E-state index in [2.05, 4.69) is 26.6 Å². The van der Waals surface area contributed by atoms with Gasteiger partial charge < -0.3 is 15.4 Å². The zero-order valence-corrected chi connectivity index (χ0v) is 19.0. The standard InChI is InChI=1S/C20H20BrN3O5S/c1-4-29-17(26)16-11(2)8-15(30-16)22-14(25)10-24-18(27)20(3,23-19(24)28)12-6-5-7-13(21)9-12/h5-9H,4,10H2,1-3H3,(H,22,25)(H,23,28). The minimum Gasteiger partial charge on any atom is -0.462 e. The molecule has 0 radical (unpaired) electrons. The van der Waals surface area contributed by atoms with Gasteiger partial charge in [0.1, 0.15) is 17.0 Å². The predicted octanol–water partition coefficient (Wildman–Crippen LogP) is 3.40. The molecule has 1 atom stereocenters. The van der Waals surface area contributed by atoms with Crippen molar-refractivity contribution < 1.29 is 23.9 Å². The van der Waals surface area contributed by atoms with E-state index < -0.39 is 35.9 Å². The molecule has 1 aromatic heterocycles. The van der Waals surface area contributed by atoms with Crippen LogP contribution in [0.2, 0.25) is 0 Å². The number of halogens is 1. The number of ether oxygens (including phenoxy) is 1. The van der Waals surface area contributed by atoms with Crippen molar-refractivity contribution in [2.24, 2.45) is 0 Å². The van der Waals surface area contributed by atoms with Crippen LogP contribution < -0.4 is 10.6 Å². The van der Waals surface area contributed by atoms with Gasteiger partial charge in [-0.15, -0.1) is 11.3 Å². The second-order valence-corrected chi connectivity index (χ2v) is 8.82. The van der Waals surface area contributed by atoms with E-state index in [0.717, 1.165) is 20.7 Å². The second kappa shape index (κ2) is 8.57. The first-order valence-corrected chi connectivity index (χ1v) is 10.7. The Balaban J connectivity index is 1.71. The topological polar surface area (TPSA) is 105 Å². The molecule has 2 aromatic rings. The van der Waals surface area contributed by atoms with Crippen molar-refractivity contribution in [3.8, 4) is 0 Å². The van der Waals surface area contributed by atoms with Crippen molar-refractivity contribution >= 4 is 56.1 Å². The zero-order chi connectivity index (χ0) is 22.1. The van der Waals surface area contributed by atoms with Crippen molar-refractivity contribution in [1.29, 1.82) is 0 Å². The molecule has 1 fully saturated rings. The van der Waals surface area contributed by atoms with Crippen LogP contribution in [0.1, 0.15) is 34.6 Å². The lowest BCUT2D eigenvalue weighted by atomic mass is 9.92. The van der Waals surface area contributed by atoms with Gasteiger partial charge in [-0.05, 0) is 50.1 Å². The van der Waals surface area contributed by atoms with Crippen molar-refractivity contribution in [1.82, 2.24) is 10.2 Å². The SMILES string of the molecule is CCOC(=O)c1sc(NC(=O)CN2C(=O)NC(C)(c3cccc(Br)c3)C2=O)cc1C. The molecule has 1 aliphatic heterocycles. The molecule has 0 aliphatic carbocycles. The third kappa shape index (κ3) is 4.24. The number of amides is 4. The molecule has 1 aliphatic rings. The fourth-order valence-electron chi connectivity index (χ4n) is 3.10. The van der Waals surface area contributed by atoms with Gasteiger partial charge in [0, 0.05) is 4.47 Å². The smallest absolute Gasteiger partial charge is 0.348 e. The van der Waals surface area contributed by atoms with E-state index in [1.165, 1.54) is 0 Å². The number of rotatable bonds is 6. The molecule has 2 N–H and O–H groups in total. The number of hydrogen-bond donors (Lipinski definition) is 2. The van der Waals surface area contributed by atoms with Crippen LogP contribution in [0, 0.1) is 6.92 Å². The first-order valence-electron chi connectivity index (χ1n) is 9.13. The summed E-state index contributed by atoms with van der Waals surface area (Å²) in [6.45, 7) is 4.85. The molecular formula is C20H20BrN3O5S. The van der Waals surface area contributed by atoms with Gasteiger partial charge in [-0.3, -0.25) is 14.5 Å². The van der Waals surface area contributed by atoms with Crippen LogP contribution in [0.4, 0.5) is 9.80 Å². The molecule has 0 bridgehead atoms. The number of urea groups is 1. The minimum atomic E-state index is -1.27. The summed E-state index contributed by atoms with van der Waals surface area (Å²) >= 11 is 4.43. The number of thiophene rings is 1. The van der Waals surface area contributed by atoms with E-state index in [1.54, 1.807) is 45.0 Å². The first-order chi connectivity index (χ1) is 14.2. The molecule has 30 heavy (non-hydrogen) atoms. The third-order valence-electron chi connectivity index (χ3n) is 4.62. The average Bonchev–Trinajstić information content (AvgIpc) is 3.14. The maximum absolute atomic E-state index is 12.9. The van der Waals surface area contributed by atoms with Gasteiger partial charge in [-0.25, -0.2) is 9.59 Å². The summed E-state index contributed by atoms with van der Waals surface area (Å²) < 4.78 is 5.75. The Hall–Kier alpha value is -2.72. The Bertz CT molecular complexity index is 1040. The number of aryl methyl sites for hydroxylation is 1. The second-order valence-electron chi connectivity index (χ2n) is 6.85. The van der Waals surface area contributed by atoms with Gasteiger partial charge in [-0.2, -0.15) is 0 Å². The summed E-state index contributed by atoms with van der Waals surface area (Å²) in [6, 6.07) is 8.05. The van der Waals surface area contributed by atoms with Crippen LogP contribution in [0.5, 0.6) is 0 Å². The Kier molecular flexibility index (Phi) is 6.27. The highest BCUT2D eigenvalue weighted by Gasteiger charge is 2.49. The number of carbonyl (C=O) groups excluding carboxylic acids is 4. The molecule has 4 amide bonds. The zero-order valence-electron chi connectivity index (χ0n) is 16.6. The summed E-state index contributed by atoms with van der Waals surface area (Å²) in [5.74, 6) is -1.52. The minimum absolute atomic E-state index is 0.251. The maximum Gasteiger partial charge on any atom is 0.348 e. The van der Waals surface area contributed by atoms with Crippen LogP contribution in [-0.2, 0) is 19.9 Å². The van der Waals surface area contributed by atoms with Crippen molar-refractivity contribution in [2.75, 3.05) is 18.5 Å². The van der Waals surface area contributed by atoms with Gasteiger partial charge in [0.2, 0.25) is 5.91 Å². The summed E-state index contributed by atoms with van der Waals surface area (Å²) in [5.41, 5.74) is 0.00893. The molecule has 3 rings (SSSR count). The highest BCUT2D eigenvalue weighted by atomic mass is 79.9. The highest BCUT2D eigenvalue weighted by molar-refractivity contribution is 9.10. The highest BCUT2D eigenvalue weighted by Crippen LogP contribution is 2.31. The molecule has 1 saturated heterocycles. The lowest BCUT2D eigenvalue weighted by Gasteiger charge is -2.22. The number of hydrogen-bond acceptors (Lipinski definition) is 6. The van der Waals surface area contributed by atoms with Crippen LogP contribution in [0.15, 0.2) is 34.8 Å². The lowest BCUT2D eigenvalue weighted by molar-refractivity contribution is -0.133. The molecule has 8 nitrogen and oxygen atoms in total. The molecule has 10 heteroatoms. The van der Waals surface area contributed by atoms with Crippen LogP contribution in [0.3, 0.4) is 0 Å². The fraction of sp³-hybridized carbons (Fsp3) is 0.300. The van der Waals surface area contributed by atoms with Crippen LogP contribution in [-0.4, -0.2) is 41.9 Å². The summed E-state index contributed by atoms with van der Waals surface area (Å²) in [4.78, 5) is 51.0. The largest absolute Gasteiger partial charge is 0.462 e. The molecule has 2 heterocycles. The average molecular weight is 494 g/mol. The van der Waals surface area contributed by atoms with E-state index in [0.29, 0.717) is 21.0 Å². The number of imide groups is 1. The number of benzene rings is 1. The van der Waals surface area contributed by atoms with Crippen molar-refractivity contribution in [3.63, 3.8) is 0 Å². The number of anilines is 1. The van der Waals surface area contributed by atoms with Crippen LogP contribution in [0.25, 0.3) is 0 Å². The van der Waals surface area contributed by atoms with Gasteiger partial charge in [-0.1, -0.05) is 28.1 Å². The van der Waals surface area contributed by atoms with Gasteiger partial charge >= 0.3 is 12.0 Å². The lowest BCUT2D eigenvalue weighted by Crippen LogP contribution is -2.42. The molecular weight excluding hydrogens is 474 g/mol. The third-order valence-corrected chi connectivity index (χ3v) is 6.25. The van der Waals surface area contributed by atoms with E-state index in [4.69, 9.17) is 4.74 Å². The Labute approximate surface area is 185 Å². The van der Waals surface area contributed by atoms with Gasteiger partial charge in [0.05, 0.1) is 11.6 Å². The van der Waals surface area contributed by atoms with Crippen molar-refractivity contribution in [3.05, 3.63) is 50.8 Å². The Morgan fingerprint density at radius 1 is 1.30 bits per heavy atom. The molecule has 1 unspecified atom stereocenters. The van der Waals surface area contributed by atoms with E-state index in [-0.39, 0.29) is 6.61 Å². The monoisotopic (exact) mass is 493 g/mol. The summed E-state index contributed by atoms with van der Waals surface area (Å²) in [7, 11) is 0.